The van der Waals surface area contributed by atoms with Gasteiger partial charge in [0.1, 0.15) is 17.0 Å². The highest BCUT2D eigenvalue weighted by atomic mass is 32.1. The molecule has 4 heterocycles. The molecule has 0 spiro atoms. The Labute approximate surface area is 193 Å². The fraction of sp³-hybridized carbons (Fsp3) is 0.304. The van der Waals surface area contributed by atoms with Crippen LogP contribution in [0.5, 0.6) is 5.75 Å². The molecule has 1 saturated heterocycles. The van der Waals surface area contributed by atoms with Crippen LogP contribution < -0.4 is 16.0 Å². The van der Waals surface area contributed by atoms with Crippen LogP contribution in [0.3, 0.4) is 0 Å². The van der Waals surface area contributed by atoms with E-state index >= 15 is 0 Å². The van der Waals surface area contributed by atoms with Crippen molar-refractivity contribution in [1.82, 2.24) is 24.9 Å². The molecular weight excluding hydrogens is 440 g/mol. The zero-order valence-electron chi connectivity index (χ0n) is 18.4. The Balaban J connectivity index is 1.68. The van der Waals surface area contributed by atoms with Crippen LogP contribution in [-0.4, -0.2) is 51.0 Å². The summed E-state index contributed by atoms with van der Waals surface area (Å²) in [5.74, 6) is 5.99. The number of nitrogen functional groups attached to an aromatic ring is 1. The summed E-state index contributed by atoms with van der Waals surface area (Å²) in [5.41, 5.74) is 7.90. The molecule has 10 heteroatoms. The van der Waals surface area contributed by atoms with Crippen LogP contribution in [0.1, 0.15) is 24.9 Å². The Morgan fingerprint density at radius 2 is 2.18 bits per heavy atom. The van der Waals surface area contributed by atoms with E-state index in [9.17, 15) is 9.59 Å². The van der Waals surface area contributed by atoms with Gasteiger partial charge in [-0.1, -0.05) is 12.0 Å². The lowest BCUT2D eigenvalue weighted by molar-refractivity contribution is -0.124. The number of carbonyl (C=O) groups excluding carboxylic acids is 1. The number of anilines is 1. The second-order valence-electron chi connectivity index (χ2n) is 8.02. The first-order valence-electron chi connectivity index (χ1n) is 10.5. The Morgan fingerprint density at radius 1 is 1.36 bits per heavy atom. The van der Waals surface area contributed by atoms with Gasteiger partial charge in [0.25, 0.3) is 11.5 Å². The predicted molar refractivity (Wildman–Crippen MR) is 128 cm³/mol. The van der Waals surface area contributed by atoms with Crippen molar-refractivity contribution in [2.24, 2.45) is 0 Å². The van der Waals surface area contributed by atoms with Gasteiger partial charge in [0.05, 0.1) is 28.1 Å². The Kier molecular flexibility index (Phi) is 5.06. The van der Waals surface area contributed by atoms with E-state index in [1.54, 1.807) is 23.6 Å². The number of amides is 1. The lowest BCUT2D eigenvalue weighted by atomic mass is 10.1. The van der Waals surface area contributed by atoms with Gasteiger partial charge in [-0.25, -0.2) is 5.10 Å². The molecule has 3 aromatic heterocycles. The van der Waals surface area contributed by atoms with Crippen molar-refractivity contribution < 1.29 is 9.53 Å². The van der Waals surface area contributed by atoms with Gasteiger partial charge in [-0.3, -0.25) is 14.3 Å². The van der Waals surface area contributed by atoms with Crippen LogP contribution in [0.15, 0.2) is 23.0 Å². The second kappa shape index (κ2) is 7.94. The third-order valence-electron chi connectivity index (χ3n) is 5.87. The maximum absolute atomic E-state index is 12.8. The molecule has 1 aromatic carbocycles. The second-order valence-corrected chi connectivity index (χ2v) is 9.07. The summed E-state index contributed by atoms with van der Waals surface area (Å²) in [6.07, 6.45) is 0.661. The number of aromatic amines is 1. The summed E-state index contributed by atoms with van der Waals surface area (Å²) >= 11 is 1.53. The molecule has 4 aromatic rings. The molecule has 1 amide bonds. The number of likely N-dealkylation sites (tertiary alicyclic amines) is 1. The number of H-pyrrole nitrogens is 1. The van der Waals surface area contributed by atoms with Gasteiger partial charge in [-0.2, -0.15) is 10.2 Å². The molecule has 9 nitrogen and oxygen atoms in total. The summed E-state index contributed by atoms with van der Waals surface area (Å²) in [7, 11) is 1.65. The van der Waals surface area contributed by atoms with Crippen molar-refractivity contribution in [2.75, 3.05) is 25.9 Å². The number of thiophene rings is 1. The first-order chi connectivity index (χ1) is 15.9. The zero-order valence-corrected chi connectivity index (χ0v) is 19.2. The van der Waals surface area contributed by atoms with Crippen LogP contribution >= 0.6 is 11.3 Å². The van der Waals surface area contributed by atoms with Crippen LogP contribution in [0.4, 0.5) is 5.82 Å². The molecule has 1 atom stereocenters. The molecule has 168 valence electrons. The first-order valence-corrected chi connectivity index (χ1v) is 11.3. The minimum Gasteiger partial charge on any atom is -0.495 e. The molecular formula is C23H22N6O3S. The number of fused-ring (bicyclic) bond motifs is 2. The summed E-state index contributed by atoms with van der Waals surface area (Å²) < 4.78 is 8.26. The third-order valence-corrected chi connectivity index (χ3v) is 7.04. The molecule has 1 unspecified atom stereocenters. The van der Waals surface area contributed by atoms with Gasteiger partial charge >= 0.3 is 0 Å². The number of nitrogens with zero attached hydrogens (tertiary/aromatic N) is 4. The number of methoxy groups -OCH3 is 1. The highest BCUT2D eigenvalue weighted by Gasteiger charge is 2.31. The number of ether oxygens (including phenoxy) is 1. The summed E-state index contributed by atoms with van der Waals surface area (Å²) in [5, 5.41) is 12.8. The van der Waals surface area contributed by atoms with E-state index < -0.39 is 0 Å². The summed E-state index contributed by atoms with van der Waals surface area (Å²) in [6, 6.07) is 5.94. The monoisotopic (exact) mass is 462 g/mol. The minimum atomic E-state index is -0.370. The Morgan fingerprint density at radius 3 is 2.94 bits per heavy atom. The molecule has 1 aliphatic rings. The van der Waals surface area contributed by atoms with Gasteiger partial charge in [-0.05, 0) is 49.3 Å². The van der Waals surface area contributed by atoms with E-state index in [-0.39, 0.29) is 23.3 Å². The number of hydrogen-bond donors (Lipinski definition) is 2. The number of nitrogens with two attached hydrogens (primary N) is 1. The highest BCUT2D eigenvalue weighted by Crippen LogP contribution is 2.42. The van der Waals surface area contributed by atoms with E-state index in [1.807, 2.05) is 19.1 Å². The Hall–Kier alpha value is -3.84. The van der Waals surface area contributed by atoms with Crippen LogP contribution in [0, 0.1) is 18.8 Å². The van der Waals surface area contributed by atoms with Crippen LogP contribution in [0.2, 0.25) is 0 Å². The van der Waals surface area contributed by atoms with Crippen molar-refractivity contribution >= 4 is 44.1 Å². The lowest BCUT2D eigenvalue weighted by Gasteiger charge is -2.14. The van der Waals surface area contributed by atoms with Gasteiger partial charge in [-0.15, -0.1) is 11.3 Å². The smallest absolute Gasteiger partial charge is 0.298 e. The first kappa shape index (κ1) is 21.0. The van der Waals surface area contributed by atoms with Crippen LogP contribution in [0.25, 0.3) is 31.6 Å². The standard InChI is InChI=1S/C23H22N6O3S/c1-4-5-17(30)28-7-6-14(11-28)29-20-18(22(24)25-26-23(20)31)19(27-29)16-10-13-8-12(2)9-15(32-3)21(13)33-16/h8-10,14H,6-7,11H2,1-3H3,(H2,24,25)(H,26,31). The molecule has 5 rings (SSSR count). The van der Waals surface area contributed by atoms with Gasteiger partial charge in [0.15, 0.2) is 5.82 Å². The quantitative estimate of drug-likeness (QED) is 0.452. The van der Waals surface area contributed by atoms with E-state index in [0.717, 1.165) is 26.3 Å². The summed E-state index contributed by atoms with van der Waals surface area (Å²) in [4.78, 5) is 27.6. The lowest BCUT2D eigenvalue weighted by Crippen LogP contribution is -2.28. The maximum Gasteiger partial charge on any atom is 0.298 e. The number of carbonyl (C=O) groups is 1. The number of rotatable bonds is 3. The van der Waals surface area contributed by atoms with E-state index in [1.165, 1.54) is 11.3 Å². The normalized spacial score (nSPS) is 15.7. The number of benzene rings is 1. The van der Waals surface area contributed by atoms with Crippen LogP contribution in [-0.2, 0) is 4.79 Å². The molecule has 0 radical (unpaired) electrons. The van der Waals surface area contributed by atoms with Gasteiger partial charge in [0, 0.05) is 13.1 Å². The number of nitrogens with one attached hydrogen (secondary N) is 1. The summed E-state index contributed by atoms with van der Waals surface area (Å²) in [6.45, 7) is 4.62. The number of hydrogen-bond acceptors (Lipinski definition) is 7. The molecule has 0 aliphatic carbocycles. The molecule has 1 fully saturated rings. The fourth-order valence-corrected chi connectivity index (χ4v) is 5.52. The van der Waals surface area contributed by atoms with Crippen molar-refractivity contribution in [3.05, 3.63) is 34.1 Å². The number of aromatic nitrogens is 4. The molecule has 1 aliphatic heterocycles. The molecule has 0 bridgehead atoms. The SMILES string of the molecule is CC#CC(=O)N1CCC(n2nc(-c3cc4cc(C)cc(OC)c4s3)c3c(N)n[nH]c(=O)c32)C1. The topological polar surface area (TPSA) is 119 Å². The average Bonchev–Trinajstić information content (AvgIpc) is 3.52. The van der Waals surface area contributed by atoms with Gasteiger partial charge in [0.2, 0.25) is 0 Å². The number of aryl methyl sites for hydroxylation is 1. The largest absolute Gasteiger partial charge is 0.495 e. The average molecular weight is 463 g/mol. The highest BCUT2D eigenvalue weighted by molar-refractivity contribution is 7.22. The van der Waals surface area contributed by atoms with Gasteiger partial charge < -0.3 is 15.4 Å². The van der Waals surface area contributed by atoms with E-state index in [2.05, 4.69) is 28.1 Å². The van der Waals surface area contributed by atoms with Crippen molar-refractivity contribution in [3.63, 3.8) is 0 Å². The van der Waals surface area contributed by atoms with E-state index in [0.29, 0.717) is 36.1 Å². The molecule has 0 saturated carbocycles. The van der Waals surface area contributed by atoms with Crippen molar-refractivity contribution in [2.45, 2.75) is 26.3 Å². The Bertz CT molecular complexity index is 1540. The maximum atomic E-state index is 12.8. The van der Waals surface area contributed by atoms with Crippen molar-refractivity contribution in [1.29, 1.82) is 0 Å². The van der Waals surface area contributed by atoms with Crippen molar-refractivity contribution in [3.8, 4) is 28.2 Å². The molecule has 33 heavy (non-hydrogen) atoms. The molecule has 3 N–H and O–H groups in total. The predicted octanol–water partition coefficient (Wildman–Crippen LogP) is 2.70. The zero-order chi connectivity index (χ0) is 23.3. The van der Waals surface area contributed by atoms with E-state index in [4.69, 9.17) is 15.6 Å². The minimum absolute atomic E-state index is 0.169. The fourth-order valence-electron chi connectivity index (χ4n) is 4.40. The third kappa shape index (κ3) is 3.41.